The molecule has 0 aromatic heterocycles. The Morgan fingerprint density at radius 3 is 2.69 bits per heavy atom. The van der Waals surface area contributed by atoms with E-state index in [1.165, 1.54) is 0 Å². The Hall–Kier alpha value is 0.0700. The standard InChI is InChI=1S/C9H21NO2S/c1-9(8-13(3)11)10-6-4-5-7-12-2/h9-10H,4-8H2,1-3H3. The molecule has 0 aliphatic carbocycles. The lowest BCUT2D eigenvalue weighted by Crippen LogP contribution is -2.31. The Kier molecular flexibility index (Phi) is 8.71. The number of rotatable bonds is 8. The van der Waals surface area contributed by atoms with E-state index < -0.39 is 10.8 Å². The van der Waals surface area contributed by atoms with Gasteiger partial charge in [0.25, 0.3) is 0 Å². The van der Waals surface area contributed by atoms with Crippen LogP contribution in [0.2, 0.25) is 0 Å². The van der Waals surface area contributed by atoms with Crippen molar-refractivity contribution in [3.8, 4) is 0 Å². The summed E-state index contributed by atoms with van der Waals surface area (Å²) in [5, 5.41) is 3.32. The maximum absolute atomic E-state index is 10.8. The van der Waals surface area contributed by atoms with Gasteiger partial charge in [-0.2, -0.15) is 0 Å². The molecule has 0 spiro atoms. The molecule has 2 unspecified atom stereocenters. The third-order valence-corrected chi connectivity index (χ3v) is 2.72. The van der Waals surface area contributed by atoms with Crippen LogP contribution in [0.1, 0.15) is 19.8 Å². The molecule has 0 aromatic carbocycles. The van der Waals surface area contributed by atoms with E-state index in [2.05, 4.69) is 12.2 Å². The Labute approximate surface area is 83.7 Å². The van der Waals surface area contributed by atoms with Crippen molar-refractivity contribution < 1.29 is 8.95 Å². The molecule has 0 aromatic rings. The Bertz CT molecular complexity index is 142. The number of hydrogen-bond acceptors (Lipinski definition) is 3. The summed E-state index contributed by atoms with van der Waals surface area (Å²) in [7, 11) is 1.03. The third kappa shape index (κ3) is 9.99. The van der Waals surface area contributed by atoms with Gasteiger partial charge < -0.3 is 10.1 Å². The van der Waals surface area contributed by atoms with Crippen LogP contribution in [-0.2, 0) is 15.5 Å². The van der Waals surface area contributed by atoms with Crippen LogP contribution in [0.15, 0.2) is 0 Å². The Balaban J connectivity index is 3.17. The third-order valence-electron chi connectivity index (χ3n) is 1.75. The molecule has 1 N–H and O–H groups in total. The fourth-order valence-corrected chi connectivity index (χ4v) is 1.95. The fraction of sp³-hybridized carbons (Fsp3) is 1.00. The van der Waals surface area contributed by atoms with Crippen LogP contribution in [0.25, 0.3) is 0 Å². The zero-order chi connectivity index (χ0) is 10.1. The molecule has 0 fully saturated rings. The molecule has 0 amide bonds. The first-order valence-corrected chi connectivity index (χ1v) is 6.42. The fourth-order valence-electron chi connectivity index (χ4n) is 1.13. The lowest BCUT2D eigenvalue weighted by atomic mass is 10.3. The van der Waals surface area contributed by atoms with Gasteiger partial charge in [-0.05, 0) is 26.3 Å². The maximum atomic E-state index is 10.8. The summed E-state index contributed by atoms with van der Waals surface area (Å²) in [5.74, 6) is 0.740. The normalized spacial score (nSPS) is 15.6. The number of hydrogen-bond donors (Lipinski definition) is 1. The molecule has 3 nitrogen and oxygen atoms in total. The molecular formula is C9H21NO2S. The summed E-state index contributed by atoms with van der Waals surface area (Å²) >= 11 is 0. The van der Waals surface area contributed by atoms with Crippen LogP contribution in [0.5, 0.6) is 0 Å². The second-order valence-corrected chi connectivity index (χ2v) is 4.77. The van der Waals surface area contributed by atoms with Gasteiger partial charge in [0.15, 0.2) is 0 Å². The van der Waals surface area contributed by atoms with E-state index in [1.54, 1.807) is 13.4 Å². The first kappa shape index (κ1) is 13.1. The highest BCUT2D eigenvalue weighted by molar-refractivity contribution is 7.84. The molecule has 13 heavy (non-hydrogen) atoms. The van der Waals surface area contributed by atoms with Crippen molar-refractivity contribution in [2.24, 2.45) is 0 Å². The van der Waals surface area contributed by atoms with Crippen molar-refractivity contribution in [1.82, 2.24) is 5.32 Å². The zero-order valence-corrected chi connectivity index (χ0v) is 9.65. The van der Waals surface area contributed by atoms with E-state index in [4.69, 9.17) is 4.74 Å². The average molecular weight is 207 g/mol. The van der Waals surface area contributed by atoms with Gasteiger partial charge >= 0.3 is 0 Å². The molecular weight excluding hydrogens is 186 g/mol. The van der Waals surface area contributed by atoms with Crippen molar-refractivity contribution in [3.05, 3.63) is 0 Å². The van der Waals surface area contributed by atoms with Gasteiger partial charge in [-0.15, -0.1) is 0 Å². The predicted octanol–water partition coefficient (Wildman–Crippen LogP) is 0.770. The topological polar surface area (TPSA) is 38.3 Å². The molecule has 0 aliphatic heterocycles. The minimum absolute atomic E-state index is 0.355. The highest BCUT2D eigenvalue weighted by atomic mass is 32.2. The molecule has 0 heterocycles. The van der Waals surface area contributed by atoms with E-state index in [1.807, 2.05) is 0 Å². The van der Waals surface area contributed by atoms with Gasteiger partial charge in [-0.25, -0.2) is 0 Å². The molecule has 0 radical (unpaired) electrons. The molecule has 0 rings (SSSR count). The van der Waals surface area contributed by atoms with Gasteiger partial charge in [0.2, 0.25) is 0 Å². The number of unbranched alkanes of at least 4 members (excludes halogenated alkanes) is 1. The van der Waals surface area contributed by atoms with Crippen LogP contribution < -0.4 is 5.32 Å². The predicted molar refractivity (Wildman–Crippen MR) is 57.5 cm³/mol. The van der Waals surface area contributed by atoms with Crippen molar-refractivity contribution in [3.63, 3.8) is 0 Å². The first-order valence-electron chi connectivity index (χ1n) is 4.69. The summed E-state index contributed by atoms with van der Waals surface area (Å²) in [4.78, 5) is 0. The van der Waals surface area contributed by atoms with Crippen LogP contribution in [0, 0.1) is 0 Å². The smallest absolute Gasteiger partial charge is 0.0462 e. The summed E-state index contributed by atoms with van der Waals surface area (Å²) in [6, 6.07) is 0.355. The summed E-state index contributed by atoms with van der Waals surface area (Å²) < 4.78 is 15.8. The molecule has 0 aliphatic rings. The molecule has 0 saturated carbocycles. The molecule has 0 saturated heterocycles. The van der Waals surface area contributed by atoms with E-state index in [9.17, 15) is 4.21 Å². The summed E-state index contributed by atoms with van der Waals surface area (Å²) in [6.07, 6.45) is 3.95. The van der Waals surface area contributed by atoms with E-state index in [0.29, 0.717) is 6.04 Å². The quantitative estimate of drug-likeness (QED) is 0.598. The second kappa shape index (κ2) is 8.66. The average Bonchev–Trinajstić information content (AvgIpc) is 2.02. The lowest BCUT2D eigenvalue weighted by Gasteiger charge is -2.11. The van der Waals surface area contributed by atoms with Crippen LogP contribution in [0.4, 0.5) is 0 Å². The minimum atomic E-state index is -0.692. The highest BCUT2D eigenvalue weighted by Gasteiger charge is 2.01. The Morgan fingerprint density at radius 1 is 1.46 bits per heavy atom. The number of ether oxygens (including phenoxy) is 1. The summed E-state index contributed by atoms with van der Waals surface area (Å²) in [6.45, 7) is 3.88. The van der Waals surface area contributed by atoms with Crippen LogP contribution in [-0.4, -0.2) is 42.5 Å². The highest BCUT2D eigenvalue weighted by Crippen LogP contribution is 1.90. The maximum Gasteiger partial charge on any atom is 0.0462 e. The monoisotopic (exact) mass is 207 g/mol. The summed E-state index contributed by atoms with van der Waals surface area (Å²) in [5.41, 5.74) is 0. The van der Waals surface area contributed by atoms with Gasteiger partial charge in [-0.1, -0.05) is 0 Å². The van der Waals surface area contributed by atoms with E-state index >= 15 is 0 Å². The number of methoxy groups -OCH3 is 1. The molecule has 0 bridgehead atoms. The van der Waals surface area contributed by atoms with Crippen molar-refractivity contribution in [1.29, 1.82) is 0 Å². The van der Waals surface area contributed by atoms with Crippen molar-refractivity contribution in [2.75, 3.05) is 32.3 Å². The largest absolute Gasteiger partial charge is 0.385 e. The SMILES string of the molecule is COCCCCNC(C)CS(C)=O. The molecule has 4 heteroatoms. The second-order valence-electron chi connectivity index (χ2n) is 3.29. The van der Waals surface area contributed by atoms with E-state index in [0.717, 1.165) is 31.7 Å². The minimum Gasteiger partial charge on any atom is -0.385 e. The van der Waals surface area contributed by atoms with Gasteiger partial charge in [0.1, 0.15) is 0 Å². The lowest BCUT2D eigenvalue weighted by molar-refractivity contribution is 0.192. The van der Waals surface area contributed by atoms with E-state index in [-0.39, 0.29) is 0 Å². The zero-order valence-electron chi connectivity index (χ0n) is 8.84. The van der Waals surface area contributed by atoms with Gasteiger partial charge in [-0.3, -0.25) is 4.21 Å². The van der Waals surface area contributed by atoms with Gasteiger partial charge in [0, 0.05) is 42.6 Å². The van der Waals surface area contributed by atoms with Crippen LogP contribution >= 0.6 is 0 Å². The van der Waals surface area contributed by atoms with Crippen molar-refractivity contribution in [2.45, 2.75) is 25.8 Å². The number of nitrogens with one attached hydrogen (secondary N) is 1. The van der Waals surface area contributed by atoms with Gasteiger partial charge in [0.05, 0.1) is 0 Å². The molecule has 2 atom stereocenters. The molecule has 80 valence electrons. The van der Waals surface area contributed by atoms with Crippen molar-refractivity contribution >= 4 is 10.8 Å². The first-order chi connectivity index (χ1) is 6.16. The van der Waals surface area contributed by atoms with Crippen LogP contribution in [0.3, 0.4) is 0 Å². The Morgan fingerprint density at radius 2 is 2.15 bits per heavy atom.